The first-order valence-corrected chi connectivity index (χ1v) is 9.49. The summed E-state index contributed by atoms with van der Waals surface area (Å²) in [4.78, 5) is 12.2. The highest BCUT2D eigenvalue weighted by atomic mass is 32.2. The van der Waals surface area contributed by atoms with E-state index in [1.54, 1.807) is 11.8 Å². The Bertz CT molecular complexity index is 727. The van der Waals surface area contributed by atoms with Gasteiger partial charge in [0.25, 0.3) is 0 Å². The van der Waals surface area contributed by atoms with Crippen molar-refractivity contribution >= 4 is 23.5 Å². The molecule has 1 atom stereocenters. The van der Waals surface area contributed by atoms with E-state index >= 15 is 0 Å². The molecule has 0 saturated heterocycles. The molecular weight excluding hydrogens is 320 g/mol. The smallest absolute Gasteiger partial charge is 0.319 e. The van der Waals surface area contributed by atoms with Gasteiger partial charge in [0.15, 0.2) is 0 Å². The van der Waals surface area contributed by atoms with E-state index in [2.05, 4.69) is 41.0 Å². The maximum atomic E-state index is 12.2. The highest BCUT2D eigenvalue weighted by Gasteiger charge is 2.18. The molecule has 0 heterocycles. The van der Waals surface area contributed by atoms with Crippen molar-refractivity contribution in [3.8, 4) is 11.1 Å². The van der Waals surface area contributed by atoms with E-state index in [4.69, 9.17) is 5.11 Å². The molecule has 24 heavy (non-hydrogen) atoms. The number of aliphatic hydroxyl groups excluding tert-OH is 1. The van der Waals surface area contributed by atoms with Gasteiger partial charge in [0, 0.05) is 24.1 Å². The maximum absolute atomic E-state index is 12.2. The van der Waals surface area contributed by atoms with Gasteiger partial charge in [-0.15, -0.1) is 0 Å². The van der Waals surface area contributed by atoms with Gasteiger partial charge in [0.05, 0.1) is 0 Å². The maximum Gasteiger partial charge on any atom is 0.319 e. The van der Waals surface area contributed by atoms with Gasteiger partial charge in [-0.1, -0.05) is 30.3 Å². The normalized spacial score (nSPS) is 13.1. The minimum atomic E-state index is -0.224. The molecule has 0 aromatic heterocycles. The second-order valence-electron chi connectivity index (χ2n) is 5.97. The minimum Gasteiger partial charge on any atom is -0.396 e. The third-order valence-corrected chi connectivity index (χ3v) is 4.97. The molecule has 126 valence electrons. The number of hydrogen-bond donors (Lipinski definition) is 3. The fourth-order valence-electron chi connectivity index (χ4n) is 3.13. The average Bonchev–Trinajstić information content (AvgIpc) is 2.93. The first kappa shape index (κ1) is 16.9. The number of nitrogens with one attached hydrogen (secondary N) is 2. The van der Waals surface area contributed by atoms with Crippen LogP contribution in [0.4, 0.5) is 10.5 Å². The number of fused-ring (bicyclic) bond motifs is 3. The van der Waals surface area contributed by atoms with Crippen LogP contribution in [0.15, 0.2) is 42.5 Å². The monoisotopic (exact) mass is 342 g/mol. The van der Waals surface area contributed by atoms with E-state index in [1.807, 2.05) is 18.4 Å². The summed E-state index contributed by atoms with van der Waals surface area (Å²) in [6.45, 7) is 0.0720. The molecular formula is C19H22N2O2S. The standard InChI is InChI=1S/C19H22N2O2S/c1-24-12-16(8-9-22)21-19(23)20-15-6-7-18-14(11-15)10-13-4-2-3-5-17(13)18/h2-7,11,16,22H,8-10,12H2,1H3,(H2,20,21,23). The average molecular weight is 342 g/mol. The molecule has 0 fully saturated rings. The highest BCUT2D eigenvalue weighted by molar-refractivity contribution is 7.98. The topological polar surface area (TPSA) is 61.4 Å². The van der Waals surface area contributed by atoms with Crippen LogP contribution in [0.1, 0.15) is 17.5 Å². The first-order valence-electron chi connectivity index (χ1n) is 8.09. The lowest BCUT2D eigenvalue weighted by Crippen LogP contribution is -2.40. The second-order valence-corrected chi connectivity index (χ2v) is 6.88. The highest BCUT2D eigenvalue weighted by Crippen LogP contribution is 2.37. The third-order valence-electron chi connectivity index (χ3n) is 4.23. The van der Waals surface area contributed by atoms with Gasteiger partial charge >= 0.3 is 6.03 Å². The van der Waals surface area contributed by atoms with Crippen molar-refractivity contribution in [1.29, 1.82) is 0 Å². The number of amides is 2. The number of thioether (sulfide) groups is 1. The van der Waals surface area contributed by atoms with Gasteiger partial charge in [0.2, 0.25) is 0 Å². The molecule has 0 aliphatic heterocycles. The molecule has 0 spiro atoms. The lowest BCUT2D eigenvalue weighted by atomic mass is 10.1. The van der Waals surface area contributed by atoms with E-state index in [0.29, 0.717) is 6.42 Å². The predicted octanol–water partition coefficient (Wildman–Crippen LogP) is 3.49. The summed E-state index contributed by atoms with van der Waals surface area (Å²) in [5, 5.41) is 14.9. The lowest BCUT2D eigenvalue weighted by Gasteiger charge is -2.17. The number of anilines is 1. The molecule has 1 aliphatic carbocycles. The number of carbonyl (C=O) groups excluding carboxylic acids is 1. The van der Waals surface area contributed by atoms with E-state index < -0.39 is 0 Å². The van der Waals surface area contributed by atoms with Crippen LogP contribution in [-0.4, -0.2) is 35.8 Å². The molecule has 4 nitrogen and oxygen atoms in total. The molecule has 3 N–H and O–H groups in total. The van der Waals surface area contributed by atoms with Crippen molar-refractivity contribution in [3.05, 3.63) is 53.6 Å². The van der Waals surface area contributed by atoms with Gasteiger partial charge < -0.3 is 15.7 Å². The Kier molecular flexibility index (Phi) is 5.43. The number of rotatable bonds is 6. The summed E-state index contributed by atoms with van der Waals surface area (Å²) in [6, 6.07) is 14.2. The fraction of sp³-hybridized carbons (Fsp3) is 0.316. The molecule has 5 heteroatoms. The van der Waals surface area contributed by atoms with Crippen LogP contribution in [0.3, 0.4) is 0 Å². The van der Waals surface area contributed by atoms with Crippen LogP contribution in [0.5, 0.6) is 0 Å². The van der Waals surface area contributed by atoms with Crippen molar-refractivity contribution < 1.29 is 9.90 Å². The summed E-state index contributed by atoms with van der Waals surface area (Å²) in [5.41, 5.74) is 5.90. The summed E-state index contributed by atoms with van der Waals surface area (Å²) in [7, 11) is 0. The molecule has 2 amide bonds. The molecule has 1 unspecified atom stereocenters. The van der Waals surface area contributed by atoms with Gasteiger partial charge in [0.1, 0.15) is 0 Å². The zero-order chi connectivity index (χ0) is 16.9. The van der Waals surface area contributed by atoms with E-state index in [-0.39, 0.29) is 18.7 Å². The predicted molar refractivity (Wildman–Crippen MR) is 101 cm³/mol. The summed E-state index contributed by atoms with van der Waals surface area (Å²) < 4.78 is 0. The van der Waals surface area contributed by atoms with E-state index in [9.17, 15) is 4.79 Å². The zero-order valence-electron chi connectivity index (χ0n) is 13.7. The van der Waals surface area contributed by atoms with Gasteiger partial charge in [-0.05, 0) is 53.5 Å². The van der Waals surface area contributed by atoms with Crippen LogP contribution < -0.4 is 10.6 Å². The molecule has 1 aliphatic rings. The number of urea groups is 1. The van der Waals surface area contributed by atoms with Crippen molar-refractivity contribution in [3.63, 3.8) is 0 Å². The van der Waals surface area contributed by atoms with Crippen molar-refractivity contribution in [2.24, 2.45) is 0 Å². The lowest BCUT2D eigenvalue weighted by molar-refractivity contribution is 0.241. The number of aliphatic hydroxyl groups is 1. The summed E-state index contributed by atoms with van der Waals surface area (Å²) >= 11 is 1.65. The van der Waals surface area contributed by atoms with Crippen LogP contribution in [0, 0.1) is 0 Å². The van der Waals surface area contributed by atoms with Gasteiger partial charge in [-0.25, -0.2) is 4.79 Å². The fourth-order valence-corrected chi connectivity index (χ4v) is 3.78. The summed E-state index contributed by atoms with van der Waals surface area (Å²) in [5.74, 6) is 0.785. The minimum absolute atomic E-state index is 0.0244. The molecule has 0 saturated carbocycles. The Morgan fingerprint density at radius 3 is 2.79 bits per heavy atom. The first-order chi connectivity index (χ1) is 11.7. The van der Waals surface area contributed by atoms with Crippen LogP contribution in [-0.2, 0) is 6.42 Å². The van der Waals surface area contributed by atoms with E-state index in [1.165, 1.54) is 22.3 Å². The summed E-state index contributed by atoms with van der Waals surface area (Å²) in [6.07, 6.45) is 3.46. The Balaban J connectivity index is 1.67. The van der Waals surface area contributed by atoms with Crippen LogP contribution in [0.2, 0.25) is 0 Å². The van der Waals surface area contributed by atoms with Crippen molar-refractivity contribution in [2.45, 2.75) is 18.9 Å². The SMILES string of the molecule is CSCC(CCO)NC(=O)Nc1ccc2c(c1)Cc1ccccc1-2. The van der Waals surface area contributed by atoms with Crippen LogP contribution >= 0.6 is 11.8 Å². The second kappa shape index (κ2) is 7.73. The molecule has 0 radical (unpaired) electrons. The van der Waals surface area contributed by atoms with E-state index in [0.717, 1.165) is 17.9 Å². The van der Waals surface area contributed by atoms with Gasteiger partial charge in [-0.2, -0.15) is 11.8 Å². The van der Waals surface area contributed by atoms with Crippen molar-refractivity contribution in [2.75, 3.05) is 23.9 Å². The Labute approximate surface area is 146 Å². The quantitative estimate of drug-likeness (QED) is 0.642. The largest absolute Gasteiger partial charge is 0.396 e. The molecule has 3 rings (SSSR count). The third kappa shape index (κ3) is 3.74. The van der Waals surface area contributed by atoms with Crippen molar-refractivity contribution in [1.82, 2.24) is 5.32 Å². The molecule has 0 bridgehead atoms. The Morgan fingerprint density at radius 1 is 1.21 bits per heavy atom. The van der Waals surface area contributed by atoms with Crippen LogP contribution in [0.25, 0.3) is 11.1 Å². The molecule has 2 aromatic rings. The van der Waals surface area contributed by atoms with Gasteiger partial charge in [-0.3, -0.25) is 0 Å². The molecule has 2 aromatic carbocycles. The number of carbonyl (C=O) groups is 1. The Morgan fingerprint density at radius 2 is 2.00 bits per heavy atom. The number of benzene rings is 2. The Hall–Kier alpha value is -1.98. The zero-order valence-corrected chi connectivity index (χ0v) is 14.5. The number of hydrogen-bond acceptors (Lipinski definition) is 3.